The zero-order valence-corrected chi connectivity index (χ0v) is 17.1. The molecule has 3 aliphatic rings. The molecule has 1 fully saturated rings. The number of aliphatic imine (C=N–C) groups is 1. The molecule has 0 aromatic heterocycles. The van der Waals surface area contributed by atoms with Gasteiger partial charge in [0.2, 0.25) is 0 Å². The smallest absolute Gasteiger partial charge is 0.390 e. The van der Waals surface area contributed by atoms with E-state index in [0.29, 0.717) is 25.1 Å². The number of aliphatic hydroxyl groups is 1. The highest BCUT2D eigenvalue weighted by molar-refractivity contribution is 6.19. The Morgan fingerprint density at radius 3 is 2.52 bits per heavy atom. The summed E-state index contributed by atoms with van der Waals surface area (Å²) in [6.07, 6.45) is -0.971. The van der Waals surface area contributed by atoms with Gasteiger partial charge in [-0.1, -0.05) is 0 Å². The monoisotopic (exact) mass is 436 g/mol. The number of likely N-dealkylation sites (tertiary alicyclic amines) is 1. The molecule has 1 atom stereocenters. The molecule has 1 amide bonds. The van der Waals surface area contributed by atoms with Crippen LogP contribution in [-0.2, 0) is 4.79 Å². The van der Waals surface area contributed by atoms with Crippen LogP contribution < -0.4 is 0 Å². The number of hydrogen-bond donors (Lipinski definition) is 1. The second-order valence-electron chi connectivity index (χ2n) is 8.51. The van der Waals surface area contributed by atoms with Crippen molar-refractivity contribution >= 4 is 17.5 Å². The highest BCUT2D eigenvalue weighted by atomic mass is 19.4. The first-order chi connectivity index (χ1) is 14.4. The van der Waals surface area contributed by atoms with Crippen LogP contribution in [0.4, 0.5) is 17.6 Å². The summed E-state index contributed by atoms with van der Waals surface area (Å²) in [6, 6.07) is 5.08. The van der Waals surface area contributed by atoms with Gasteiger partial charge in [0, 0.05) is 30.6 Å². The molecule has 0 saturated carbocycles. The van der Waals surface area contributed by atoms with Gasteiger partial charge in [-0.2, -0.15) is 17.7 Å². The molecule has 1 saturated heterocycles. The lowest BCUT2D eigenvalue weighted by atomic mass is 9.84. The van der Waals surface area contributed by atoms with Crippen LogP contribution in [0.3, 0.4) is 0 Å². The molecular weight excluding hydrogens is 414 g/mol. The van der Waals surface area contributed by atoms with Gasteiger partial charge < -0.3 is 10.0 Å². The first-order valence-corrected chi connectivity index (χ1v) is 9.98. The van der Waals surface area contributed by atoms with E-state index < -0.39 is 29.1 Å². The van der Waals surface area contributed by atoms with Gasteiger partial charge in [0.05, 0.1) is 5.60 Å². The minimum absolute atomic E-state index is 0.0964. The summed E-state index contributed by atoms with van der Waals surface area (Å²) < 4.78 is 55.4. The predicted molar refractivity (Wildman–Crippen MR) is 106 cm³/mol. The molecule has 4 rings (SSSR count). The molecule has 0 radical (unpaired) electrons. The van der Waals surface area contributed by atoms with Gasteiger partial charge in [-0.05, 0) is 55.9 Å². The summed E-state index contributed by atoms with van der Waals surface area (Å²) in [7, 11) is 0. The predicted octanol–water partition coefficient (Wildman–Crippen LogP) is 3.39. The van der Waals surface area contributed by atoms with E-state index in [9.17, 15) is 27.5 Å². The summed E-state index contributed by atoms with van der Waals surface area (Å²) in [6.45, 7) is 4.12. The van der Waals surface area contributed by atoms with Gasteiger partial charge in [0.1, 0.15) is 11.5 Å². The van der Waals surface area contributed by atoms with Crippen molar-refractivity contribution in [3.63, 3.8) is 0 Å². The van der Waals surface area contributed by atoms with Gasteiger partial charge in [-0.25, -0.2) is 4.39 Å². The number of amidine groups is 1. The summed E-state index contributed by atoms with van der Waals surface area (Å²) >= 11 is 0. The number of carbonyl (C=O) groups is 1. The Morgan fingerprint density at radius 2 is 1.90 bits per heavy atom. The molecular formula is C22H22F4N3O2+. The standard InChI is InChI=1S/C22H22F4N3O2/c1-21(2,31)14-4-3-9-28(11-14)20(30)17-12-29-18(13-5-7-15(23)8-6-13)10-16(19(29)27-17)22(24,25)26/h5-8,10,12,14,31H,3-4,9,11H2,1-2H3/q+1. The Labute approximate surface area is 176 Å². The molecule has 1 N–H and O–H groups in total. The molecule has 1 unspecified atom stereocenters. The number of nitrogens with zero attached hydrogens (tertiary/aromatic N) is 3. The fourth-order valence-corrected chi connectivity index (χ4v) is 4.08. The fourth-order valence-electron chi connectivity index (χ4n) is 4.08. The number of halogens is 4. The van der Waals surface area contributed by atoms with Crippen molar-refractivity contribution in [1.29, 1.82) is 0 Å². The Balaban J connectivity index is 1.69. The van der Waals surface area contributed by atoms with Crippen LogP contribution in [-0.4, -0.2) is 56.9 Å². The number of allylic oxidation sites excluding steroid dienone is 1. The highest BCUT2D eigenvalue weighted by Gasteiger charge is 2.50. The maximum absolute atomic E-state index is 13.6. The van der Waals surface area contributed by atoms with E-state index in [0.717, 1.165) is 24.6 Å². The summed E-state index contributed by atoms with van der Waals surface area (Å²) in [4.78, 5) is 18.6. The molecule has 0 bridgehead atoms. The van der Waals surface area contributed by atoms with Crippen LogP contribution in [0.15, 0.2) is 52.8 Å². The Kier molecular flexibility index (Phi) is 5.12. The third-order valence-electron chi connectivity index (χ3n) is 5.86. The van der Waals surface area contributed by atoms with Gasteiger partial charge in [0.25, 0.3) is 5.70 Å². The van der Waals surface area contributed by atoms with Crippen LogP contribution in [0.5, 0.6) is 0 Å². The number of amides is 1. The van der Waals surface area contributed by atoms with Crippen LogP contribution in [0.2, 0.25) is 0 Å². The first kappa shape index (κ1) is 21.4. The van der Waals surface area contributed by atoms with Crippen LogP contribution in [0, 0.1) is 11.7 Å². The van der Waals surface area contributed by atoms with Gasteiger partial charge in [0.15, 0.2) is 11.8 Å². The fraction of sp³-hybridized carbons (Fsp3) is 0.409. The Morgan fingerprint density at radius 1 is 1.23 bits per heavy atom. The minimum atomic E-state index is -4.66. The van der Waals surface area contributed by atoms with Crippen molar-refractivity contribution < 1.29 is 32.0 Å². The minimum Gasteiger partial charge on any atom is -0.390 e. The van der Waals surface area contributed by atoms with Crippen molar-refractivity contribution in [2.24, 2.45) is 10.9 Å². The summed E-state index contributed by atoms with van der Waals surface area (Å²) in [5, 5.41) is 10.3. The molecule has 5 nitrogen and oxygen atoms in total. The van der Waals surface area contributed by atoms with Crippen molar-refractivity contribution in [1.82, 2.24) is 4.90 Å². The van der Waals surface area contributed by atoms with Crippen molar-refractivity contribution in [3.05, 3.63) is 59.2 Å². The van der Waals surface area contributed by atoms with Crippen LogP contribution in [0.1, 0.15) is 32.3 Å². The molecule has 1 aromatic carbocycles. The Bertz CT molecular complexity index is 1040. The number of rotatable bonds is 3. The van der Waals surface area contributed by atoms with Crippen molar-refractivity contribution in [3.8, 4) is 0 Å². The van der Waals surface area contributed by atoms with E-state index in [-0.39, 0.29) is 23.2 Å². The van der Waals surface area contributed by atoms with E-state index in [2.05, 4.69) is 4.99 Å². The van der Waals surface area contributed by atoms with Crippen molar-refractivity contribution in [2.75, 3.05) is 13.1 Å². The summed E-state index contributed by atoms with van der Waals surface area (Å²) in [5.41, 5.74) is -1.48. The topological polar surface area (TPSA) is 55.9 Å². The van der Waals surface area contributed by atoms with E-state index in [1.54, 1.807) is 13.8 Å². The number of carbonyl (C=O) groups excluding carboxylic acids is 1. The number of benzene rings is 1. The average Bonchev–Trinajstić information content (AvgIpc) is 3.26. The normalized spacial score (nSPS) is 21.7. The third kappa shape index (κ3) is 4.06. The average molecular weight is 436 g/mol. The van der Waals surface area contributed by atoms with E-state index in [4.69, 9.17) is 0 Å². The molecule has 1 aromatic rings. The number of alkyl halides is 3. The second kappa shape index (κ2) is 7.40. The molecule has 31 heavy (non-hydrogen) atoms. The van der Waals surface area contributed by atoms with Gasteiger partial charge in [-0.3, -0.25) is 4.79 Å². The maximum Gasteiger partial charge on any atom is 0.424 e. The zero-order chi connectivity index (χ0) is 22.6. The maximum atomic E-state index is 13.6. The van der Waals surface area contributed by atoms with Crippen molar-refractivity contribution in [2.45, 2.75) is 38.5 Å². The van der Waals surface area contributed by atoms with Crippen LogP contribution >= 0.6 is 0 Å². The van der Waals surface area contributed by atoms with Gasteiger partial charge in [-0.15, -0.1) is 0 Å². The van der Waals surface area contributed by atoms with Gasteiger partial charge >= 0.3 is 17.9 Å². The lowest BCUT2D eigenvalue weighted by Gasteiger charge is -2.38. The third-order valence-corrected chi connectivity index (χ3v) is 5.86. The van der Waals surface area contributed by atoms with E-state index >= 15 is 0 Å². The Hall–Kier alpha value is -2.81. The largest absolute Gasteiger partial charge is 0.424 e. The first-order valence-electron chi connectivity index (χ1n) is 9.98. The summed E-state index contributed by atoms with van der Waals surface area (Å²) in [5.74, 6) is -1.48. The molecule has 0 aliphatic carbocycles. The van der Waals surface area contributed by atoms with Crippen LogP contribution in [0.25, 0.3) is 0 Å². The molecule has 3 aliphatic heterocycles. The number of hydrogen-bond acceptors (Lipinski definition) is 3. The lowest BCUT2D eigenvalue weighted by Crippen LogP contribution is -2.47. The van der Waals surface area contributed by atoms with E-state index in [1.165, 1.54) is 27.8 Å². The SMILES string of the molecule is CC(C)(O)C1CCCN(C(=O)C2=C[N+]3=C(c4ccc(F)cc4)C=C(C(F)(F)F)C3=N2)C1. The lowest BCUT2D eigenvalue weighted by molar-refractivity contribution is -0.317. The zero-order valence-electron chi connectivity index (χ0n) is 17.1. The van der Waals surface area contributed by atoms with E-state index in [1.807, 2.05) is 0 Å². The number of piperidine rings is 1. The second-order valence-corrected chi connectivity index (χ2v) is 8.51. The number of fused-ring (bicyclic) bond motifs is 1. The molecule has 0 spiro atoms. The molecule has 9 heteroatoms. The molecule has 3 heterocycles. The molecule has 164 valence electrons. The highest BCUT2D eigenvalue weighted by Crippen LogP contribution is 2.35. The quantitative estimate of drug-likeness (QED) is 0.584.